The molecule has 9 heteroatoms. The highest BCUT2D eigenvalue weighted by molar-refractivity contribution is 6.74. The normalized spacial score (nSPS) is 20.9. The van der Waals surface area contributed by atoms with Crippen molar-refractivity contribution in [3.63, 3.8) is 0 Å². The van der Waals surface area contributed by atoms with E-state index in [0.29, 0.717) is 30.2 Å². The molecule has 44 heavy (non-hydrogen) atoms. The number of ketones is 1. The minimum Gasteiger partial charge on any atom is -0.491 e. The van der Waals surface area contributed by atoms with E-state index in [0.717, 1.165) is 19.3 Å². The Morgan fingerprint density at radius 3 is 2.27 bits per heavy atom. The fourth-order valence-electron chi connectivity index (χ4n) is 4.62. The summed E-state index contributed by atoms with van der Waals surface area (Å²) in [6.07, 6.45) is 11.1. The maximum atomic E-state index is 13.5. The van der Waals surface area contributed by atoms with Gasteiger partial charge in [0, 0.05) is 29.7 Å². The second-order valence-corrected chi connectivity index (χ2v) is 25.0. The number of hydrogen-bond donors (Lipinski definition) is 0. The molecule has 0 bridgehead atoms. The second kappa shape index (κ2) is 16.2. The van der Waals surface area contributed by atoms with Crippen molar-refractivity contribution in [3.8, 4) is 5.75 Å². The quantitative estimate of drug-likeness (QED) is 0.0805. The van der Waals surface area contributed by atoms with E-state index in [1.54, 1.807) is 6.07 Å². The molecular weight excluding hydrogens is 608 g/mol. The van der Waals surface area contributed by atoms with Crippen LogP contribution in [0, 0.1) is 11.8 Å². The molecule has 0 radical (unpaired) electrons. The summed E-state index contributed by atoms with van der Waals surface area (Å²) in [5.74, 6) is 0.317. The highest BCUT2D eigenvalue weighted by atomic mass is 35.5. The maximum absolute atomic E-state index is 13.5. The van der Waals surface area contributed by atoms with Crippen LogP contribution in [0.15, 0.2) is 48.6 Å². The summed E-state index contributed by atoms with van der Waals surface area (Å²) in [7, 11) is -2.87. The van der Waals surface area contributed by atoms with Crippen molar-refractivity contribution < 1.29 is 27.9 Å². The van der Waals surface area contributed by atoms with Crippen molar-refractivity contribution in [3.05, 3.63) is 53.6 Å². The summed E-state index contributed by atoms with van der Waals surface area (Å²) in [5.41, 5.74) is 0. The van der Waals surface area contributed by atoms with E-state index >= 15 is 0 Å². The number of esters is 1. The number of ether oxygens (including phenoxy) is 2. The maximum Gasteiger partial charge on any atom is 0.305 e. The van der Waals surface area contributed by atoms with Gasteiger partial charge >= 0.3 is 5.97 Å². The predicted octanol–water partition coefficient (Wildman–Crippen LogP) is 9.55. The number of allylic oxidation sites excluding steroid dienone is 2. The fraction of sp³-hybridized carbons (Fsp3) is 0.657. The SMILES string of the molecule is COC(=O)CCCC/C=C\[C@H]1C(=O)C[C@@H](O[Si](C)(C)C(C)(C)C)[C@@H]1/C=C/[C@H](COc1cccc(Cl)c1)O[Si](C)(C)C(C)(C)C. The van der Waals surface area contributed by atoms with Gasteiger partial charge in [-0.2, -0.15) is 0 Å². The van der Waals surface area contributed by atoms with Gasteiger partial charge in [-0.1, -0.05) is 83.5 Å². The number of unbranched alkanes of at least 4 members (excludes halogenated alkanes) is 2. The number of rotatable bonds is 15. The first-order valence-electron chi connectivity index (χ1n) is 16.0. The largest absolute Gasteiger partial charge is 0.491 e. The van der Waals surface area contributed by atoms with Crippen LogP contribution in [-0.2, 0) is 23.2 Å². The van der Waals surface area contributed by atoms with Crippen LogP contribution >= 0.6 is 11.6 Å². The molecule has 2 rings (SSSR count). The molecule has 0 amide bonds. The van der Waals surface area contributed by atoms with Crippen molar-refractivity contribution in [2.45, 2.75) is 122 Å². The second-order valence-electron chi connectivity index (χ2n) is 15.0. The molecule has 1 saturated carbocycles. The first kappa shape index (κ1) is 38.5. The zero-order valence-electron chi connectivity index (χ0n) is 29.0. The molecule has 4 atom stereocenters. The van der Waals surface area contributed by atoms with E-state index in [4.69, 9.17) is 29.9 Å². The van der Waals surface area contributed by atoms with E-state index in [2.05, 4.69) is 92.0 Å². The van der Waals surface area contributed by atoms with E-state index in [9.17, 15) is 9.59 Å². The molecule has 0 spiro atoms. The van der Waals surface area contributed by atoms with Gasteiger partial charge in [-0.15, -0.1) is 0 Å². The smallest absolute Gasteiger partial charge is 0.305 e. The molecule has 0 unspecified atom stereocenters. The average Bonchev–Trinajstić information content (AvgIpc) is 3.18. The van der Waals surface area contributed by atoms with E-state index in [1.165, 1.54) is 7.11 Å². The standard InChI is InChI=1S/C35H57ClO6Si2/c1-34(2,3)43(8,9)41-28(25-40-27-18-16-17-26(36)23-27)21-22-30-29(19-14-12-13-15-20-33(38)39-7)31(37)24-32(30)42-44(10,11)35(4,5)6/h14,16-19,21-23,28-30,32H,12-13,15,20,24-25H2,1-11H3/b19-14-,22-21+/t28-,29-,30-,32-/m1/s1. The minimum absolute atomic E-state index is 0.0194. The number of hydrogen-bond acceptors (Lipinski definition) is 6. The van der Waals surface area contributed by atoms with Crippen LogP contribution in [0.1, 0.15) is 73.6 Å². The van der Waals surface area contributed by atoms with E-state index in [1.807, 2.05) is 18.2 Å². The van der Waals surface area contributed by atoms with E-state index < -0.39 is 16.6 Å². The van der Waals surface area contributed by atoms with Crippen LogP contribution in [-0.4, -0.2) is 54.3 Å². The van der Waals surface area contributed by atoms with Crippen LogP contribution in [0.5, 0.6) is 5.75 Å². The Hall–Kier alpha value is -1.72. The van der Waals surface area contributed by atoms with Gasteiger partial charge in [0.25, 0.3) is 0 Å². The summed E-state index contributed by atoms with van der Waals surface area (Å²) in [6, 6.07) is 7.39. The first-order valence-corrected chi connectivity index (χ1v) is 22.2. The highest BCUT2D eigenvalue weighted by Crippen LogP contribution is 2.43. The zero-order valence-corrected chi connectivity index (χ0v) is 31.8. The number of methoxy groups -OCH3 is 1. The molecule has 1 aliphatic carbocycles. The van der Waals surface area contributed by atoms with Gasteiger partial charge in [0.15, 0.2) is 16.6 Å². The number of carbonyl (C=O) groups excluding carboxylic acids is 2. The van der Waals surface area contributed by atoms with Crippen molar-refractivity contribution in [2.75, 3.05) is 13.7 Å². The lowest BCUT2D eigenvalue weighted by atomic mass is 9.92. The van der Waals surface area contributed by atoms with Gasteiger partial charge in [-0.3, -0.25) is 9.59 Å². The van der Waals surface area contributed by atoms with Crippen molar-refractivity contribution in [2.24, 2.45) is 11.8 Å². The molecule has 0 aliphatic heterocycles. The van der Waals surface area contributed by atoms with Gasteiger partial charge < -0.3 is 18.3 Å². The topological polar surface area (TPSA) is 71.1 Å². The van der Waals surface area contributed by atoms with Crippen LogP contribution < -0.4 is 4.74 Å². The Morgan fingerprint density at radius 2 is 1.68 bits per heavy atom. The minimum atomic E-state index is -2.14. The Bertz CT molecular complexity index is 1150. The summed E-state index contributed by atoms with van der Waals surface area (Å²) in [6.45, 7) is 22.6. The lowest BCUT2D eigenvalue weighted by Crippen LogP contribution is -2.45. The van der Waals surface area contributed by atoms with Gasteiger partial charge in [-0.25, -0.2) is 0 Å². The van der Waals surface area contributed by atoms with Crippen molar-refractivity contribution in [1.29, 1.82) is 0 Å². The van der Waals surface area contributed by atoms with Crippen LogP contribution in [0.4, 0.5) is 0 Å². The molecule has 1 fully saturated rings. The molecule has 0 saturated heterocycles. The molecular formula is C35H57ClO6Si2. The summed E-state index contributed by atoms with van der Waals surface area (Å²) in [5, 5.41) is 0.664. The molecule has 0 aromatic heterocycles. The Kier molecular flexibility index (Phi) is 14.2. The summed E-state index contributed by atoms with van der Waals surface area (Å²) >= 11 is 6.21. The zero-order chi connectivity index (χ0) is 33.3. The lowest BCUT2D eigenvalue weighted by Gasteiger charge is -2.40. The van der Waals surface area contributed by atoms with Crippen LogP contribution in [0.2, 0.25) is 41.3 Å². The molecule has 248 valence electrons. The third-order valence-electron chi connectivity index (χ3n) is 9.45. The Labute approximate surface area is 274 Å². The molecule has 0 heterocycles. The Morgan fingerprint density at radius 1 is 1.02 bits per heavy atom. The molecule has 6 nitrogen and oxygen atoms in total. The lowest BCUT2D eigenvalue weighted by molar-refractivity contribution is -0.140. The average molecular weight is 665 g/mol. The fourth-order valence-corrected chi connectivity index (χ4v) is 7.41. The third kappa shape index (κ3) is 11.6. The van der Waals surface area contributed by atoms with Crippen LogP contribution in [0.25, 0.3) is 0 Å². The van der Waals surface area contributed by atoms with Crippen molar-refractivity contribution >= 4 is 40.0 Å². The number of benzene rings is 1. The monoisotopic (exact) mass is 664 g/mol. The third-order valence-corrected chi connectivity index (χ3v) is 18.7. The van der Waals surface area contributed by atoms with Gasteiger partial charge in [-0.05, 0) is 73.7 Å². The number of halogens is 1. The molecule has 1 aromatic carbocycles. The van der Waals surface area contributed by atoms with Crippen LogP contribution in [0.3, 0.4) is 0 Å². The van der Waals surface area contributed by atoms with Gasteiger partial charge in [0.05, 0.1) is 19.3 Å². The van der Waals surface area contributed by atoms with Crippen molar-refractivity contribution in [1.82, 2.24) is 0 Å². The Balaban J connectivity index is 2.36. The van der Waals surface area contributed by atoms with E-state index in [-0.39, 0.29) is 45.9 Å². The predicted molar refractivity (Wildman–Crippen MR) is 186 cm³/mol. The molecule has 1 aliphatic rings. The van der Waals surface area contributed by atoms with Gasteiger partial charge in [0.1, 0.15) is 18.1 Å². The van der Waals surface area contributed by atoms with Gasteiger partial charge in [0.2, 0.25) is 0 Å². The molecule has 1 aromatic rings. The summed E-state index contributed by atoms with van der Waals surface area (Å²) in [4.78, 5) is 24.9. The number of Topliss-reactive ketones (excluding diaryl/α,β-unsaturated/α-hetero) is 1. The summed E-state index contributed by atoms with van der Waals surface area (Å²) < 4.78 is 24.7. The highest BCUT2D eigenvalue weighted by Gasteiger charge is 2.46. The molecule has 0 N–H and O–H groups in total. The number of carbonyl (C=O) groups is 2. The first-order chi connectivity index (χ1) is 20.3.